The molecule has 88 valence electrons. The van der Waals surface area contributed by atoms with Gasteiger partial charge in [-0.25, -0.2) is 9.37 Å². The maximum atomic E-state index is 13.5. The van der Waals surface area contributed by atoms with Gasteiger partial charge < -0.3 is 10.1 Å². The number of hydrogen-bond donors (Lipinski definition) is 1. The average molecular weight is 289 g/mol. The third-order valence-electron chi connectivity index (χ3n) is 2.66. The van der Waals surface area contributed by atoms with E-state index in [2.05, 4.69) is 26.2 Å². The van der Waals surface area contributed by atoms with Crippen LogP contribution in [-0.2, 0) is 4.74 Å². The van der Waals surface area contributed by atoms with Crippen LogP contribution in [0.15, 0.2) is 16.7 Å². The summed E-state index contributed by atoms with van der Waals surface area (Å²) >= 11 is 3.43. The van der Waals surface area contributed by atoms with Crippen LogP contribution in [0.5, 0.6) is 0 Å². The Morgan fingerprint density at radius 2 is 2.44 bits per heavy atom. The number of alkyl halides is 1. The van der Waals surface area contributed by atoms with Crippen LogP contribution in [0.2, 0.25) is 0 Å². The van der Waals surface area contributed by atoms with Crippen LogP contribution in [0.25, 0.3) is 0 Å². The molecule has 1 N–H and O–H groups in total. The predicted octanol–water partition coefficient (Wildman–Crippen LogP) is 2.69. The summed E-state index contributed by atoms with van der Waals surface area (Å²) in [6.45, 7) is 2.74. The highest BCUT2D eigenvalue weighted by atomic mass is 79.9. The first-order valence-corrected chi connectivity index (χ1v) is 6.06. The molecule has 5 heteroatoms. The van der Waals surface area contributed by atoms with Gasteiger partial charge in [-0.1, -0.05) is 15.9 Å². The van der Waals surface area contributed by atoms with E-state index in [1.807, 2.05) is 13.0 Å². The van der Waals surface area contributed by atoms with Crippen molar-refractivity contribution in [1.29, 1.82) is 0 Å². The highest BCUT2D eigenvalue weighted by Crippen LogP contribution is 2.21. The van der Waals surface area contributed by atoms with Crippen molar-refractivity contribution >= 4 is 21.7 Å². The van der Waals surface area contributed by atoms with Crippen molar-refractivity contribution in [3.63, 3.8) is 0 Å². The van der Waals surface area contributed by atoms with Crippen molar-refractivity contribution in [3.8, 4) is 0 Å². The number of anilines is 1. The van der Waals surface area contributed by atoms with Gasteiger partial charge in [0.1, 0.15) is 12.0 Å². The van der Waals surface area contributed by atoms with Crippen molar-refractivity contribution in [2.24, 2.45) is 0 Å². The molecule has 1 aliphatic rings. The molecule has 0 amide bonds. The molecule has 0 aliphatic carbocycles. The number of hydrogen-bond acceptors (Lipinski definition) is 3. The van der Waals surface area contributed by atoms with Crippen molar-refractivity contribution in [2.75, 3.05) is 18.5 Å². The highest BCUT2D eigenvalue weighted by molar-refractivity contribution is 9.10. The smallest absolute Gasteiger partial charge is 0.143 e. The zero-order chi connectivity index (χ0) is 11.5. The van der Waals surface area contributed by atoms with Crippen LogP contribution in [0.3, 0.4) is 0 Å². The van der Waals surface area contributed by atoms with Crippen molar-refractivity contribution in [1.82, 2.24) is 4.98 Å². The van der Waals surface area contributed by atoms with Gasteiger partial charge in [-0.05, 0) is 25.0 Å². The standard InChI is InChI=1S/C11H14BrFN2O/c1-7-5-14-11(4-8(7)12)15-10-2-3-16-6-9(10)13/h4-5,9-10H,2-3,6H2,1H3,(H,14,15)/t9-,10-/m1/s1. The third kappa shape index (κ3) is 2.71. The third-order valence-corrected chi connectivity index (χ3v) is 3.51. The second-order valence-corrected chi connectivity index (χ2v) is 4.80. The quantitative estimate of drug-likeness (QED) is 0.909. The van der Waals surface area contributed by atoms with E-state index in [1.165, 1.54) is 0 Å². The van der Waals surface area contributed by atoms with E-state index < -0.39 is 6.17 Å². The summed E-state index contributed by atoms with van der Waals surface area (Å²) in [5.74, 6) is 0.701. The summed E-state index contributed by atoms with van der Waals surface area (Å²) in [5.41, 5.74) is 1.06. The number of nitrogens with zero attached hydrogens (tertiary/aromatic N) is 1. The summed E-state index contributed by atoms with van der Waals surface area (Å²) in [5, 5.41) is 3.10. The van der Waals surface area contributed by atoms with Crippen molar-refractivity contribution in [3.05, 3.63) is 22.3 Å². The maximum absolute atomic E-state index is 13.5. The Kier molecular flexibility index (Phi) is 3.76. The molecule has 1 aliphatic heterocycles. The topological polar surface area (TPSA) is 34.2 Å². The van der Waals surface area contributed by atoms with Crippen LogP contribution in [-0.4, -0.2) is 30.4 Å². The molecular formula is C11H14BrFN2O. The summed E-state index contributed by atoms with van der Waals surface area (Å²) < 4.78 is 19.5. The van der Waals surface area contributed by atoms with Gasteiger partial charge in [-0.2, -0.15) is 0 Å². The lowest BCUT2D eigenvalue weighted by atomic mass is 10.1. The Labute approximate surface area is 103 Å². The number of pyridine rings is 1. The highest BCUT2D eigenvalue weighted by Gasteiger charge is 2.25. The van der Waals surface area contributed by atoms with Gasteiger partial charge in [-0.3, -0.25) is 0 Å². The molecule has 16 heavy (non-hydrogen) atoms. The van der Waals surface area contributed by atoms with Crippen molar-refractivity contribution < 1.29 is 9.13 Å². The molecule has 0 unspecified atom stereocenters. The molecule has 2 atom stereocenters. The normalized spacial score (nSPS) is 25.4. The monoisotopic (exact) mass is 288 g/mol. The average Bonchev–Trinajstić information content (AvgIpc) is 2.27. The molecule has 0 aromatic carbocycles. The lowest BCUT2D eigenvalue weighted by Gasteiger charge is -2.27. The van der Waals surface area contributed by atoms with Gasteiger partial charge >= 0.3 is 0 Å². The van der Waals surface area contributed by atoms with E-state index in [0.717, 1.165) is 10.0 Å². The molecule has 1 fully saturated rings. The fraction of sp³-hybridized carbons (Fsp3) is 0.545. The number of aryl methyl sites for hydroxylation is 1. The zero-order valence-corrected chi connectivity index (χ0v) is 10.6. The van der Waals surface area contributed by atoms with Crippen LogP contribution in [0.4, 0.5) is 10.2 Å². The second kappa shape index (κ2) is 5.10. The number of aromatic nitrogens is 1. The summed E-state index contributed by atoms with van der Waals surface area (Å²) in [6, 6.07) is 1.67. The second-order valence-electron chi connectivity index (χ2n) is 3.95. The fourth-order valence-corrected chi connectivity index (χ4v) is 1.95. The van der Waals surface area contributed by atoms with Gasteiger partial charge in [0.2, 0.25) is 0 Å². The van der Waals surface area contributed by atoms with E-state index in [1.54, 1.807) is 6.20 Å². The lowest BCUT2D eigenvalue weighted by molar-refractivity contribution is 0.0285. The van der Waals surface area contributed by atoms with Gasteiger partial charge in [0.25, 0.3) is 0 Å². The molecular weight excluding hydrogens is 275 g/mol. The Bertz CT molecular complexity index is 375. The SMILES string of the molecule is Cc1cnc(N[C@@H]2CCOC[C@H]2F)cc1Br. The minimum Gasteiger partial charge on any atom is -0.378 e. The first-order chi connectivity index (χ1) is 7.66. The predicted molar refractivity (Wildman–Crippen MR) is 64.4 cm³/mol. The fourth-order valence-electron chi connectivity index (χ4n) is 1.63. The van der Waals surface area contributed by atoms with Gasteiger partial charge in [-0.15, -0.1) is 0 Å². The number of rotatable bonds is 2. The van der Waals surface area contributed by atoms with Crippen molar-refractivity contribution in [2.45, 2.75) is 25.6 Å². The van der Waals surface area contributed by atoms with E-state index in [-0.39, 0.29) is 12.6 Å². The minimum atomic E-state index is -0.962. The van der Waals surface area contributed by atoms with Gasteiger partial charge in [0, 0.05) is 17.3 Å². The molecule has 0 spiro atoms. The molecule has 1 aromatic rings. The number of halogens is 2. The largest absolute Gasteiger partial charge is 0.378 e. The van der Waals surface area contributed by atoms with Crippen LogP contribution < -0.4 is 5.32 Å². The lowest BCUT2D eigenvalue weighted by Crippen LogP contribution is -2.39. The van der Waals surface area contributed by atoms with E-state index in [0.29, 0.717) is 18.8 Å². The van der Waals surface area contributed by atoms with Gasteiger partial charge in [0.05, 0.1) is 12.6 Å². The minimum absolute atomic E-state index is 0.171. The Morgan fingerprint density at radius 3 is 3.12 bits per heavy atom. The Morgan fingerprint density at radius 1 is 1.62 bits per heavy atom. The molecule has 0 bridgehead atoms. The molecule has 1 aromatic heterocycles. The molecule has 1 saturated heterocycles. The van der Waals surface area contributed by atoms with Crippen LogP contribution in [0, 0.1) is 6.92 Å². The molecule has 2 heterocycles. The zero-order valence-electron chi connectivity index (χ0n) is 9.04. The summed E-state index contributed by atoms with van der Waals surface area (Å²) in [4.78, 5) is 4.22. The molecule has 2 rings (SSSR count). The van der Waals surface area contributed by atoms with E-state index >= 15 is 0 Å². The number of nitrogens with one attached hydrogen (secondary N) is 1. The van der Waals surface area contributed by atoms with Crippen LogP contribution >= 0.6 is 15.9 Å². The molecule has 0 saturated carbocycles. The van der Waals surface area contributed by atoms with Crippen LogP contribution in [0.1, 0.15) is 12.0 Å². The molecule has 3 nitrogen and oxygen atoms in total. The first kappa shape index (κ1) is 11.8. The summed E-state index contributed by atoms with van der Waals surface area (Å²) in [7, 11) is 0. The van der Waals surface area contributed by atoms with Gasteiger partial charge in [0.15, 0.2) is 0 Å². The summed E-state index contributed by atoms with van der Waals surface area (Å²) in [6.07, 6.45) is 1.48. The Balaban J connectivity index is 2.05. The van der Waals surface area contributed by atoms with E-state index in [9.17, 15) is 4.39 Å². The number of ether oxygens (including phenoxy) is 1. The maximum Gasteiger partial charge on any atom is 0.143 e. The first-order valence-electron chi connectivity index (χ1n) is 5.27. The van der Waals surface area contributed by atoms with E-state index in [4.69, 9.17) is 4.74 Å². The molecule has 0 radical (unpaired) electrons. The Hall–Kier alpha value is -0.680.